The minimum absolute atomic E-state index is 0.452. The Balaban J connectivity index is 1.90. The number of benzene rings is 2. The summed E-state index contributed by atoms with van der Waals surface area (Å²) in [6.07, 6.45) is 1.75. The maximum absolute atomic E-state index is 5.44. The van der Waals surface area contributed by atoms with Crippen molar-refractivity contribution in [1.29, 1.82) is 0 Å². The van der Waals surface area contributed by atoms with Gasteiger partial charge in [-0.15, -0.1) is 0 Å². The van der Waals surface area contributed by atoms with Gasteiger partial charge in [0, 0.05) is 5.56 Å². The lowest BCUT2D eigenvalue weighted by molar-refractivity contribution is 0.340. The molecule has 0 radical (unpaired) electrons. The number of ether oxygens (including phenoxy) is 1. The van der Waals surface area contributed by atoms with Gasteiger partial charge in [0.1, 0.15) is 5.75 Å². The molecule has 0 aliphatic heterocycles. The molecular formula is C18H18N4OS. The fraction of sp³-hybridized carbons (Fsp3) is 0.167. The zero-order valence-electron chi connectivity index (χ0n) is 13.6. The van der Waals surface area contributed by atoms with Crippen LogP contribution in [-0.2, 0) is 0 Å². The minimum atomic E-state index is 0.452. The van der Waals surface area contributed by atoms with Gasteiger partial charge in [-0.25, -0.2) is 5.10 Å². The van der Waals surface area contributed by atoms with E-state index in [1.807, 2.05) is 62.4 Å². The number of hydrogen-bond acceptors (Lipinski definition) is 4. The SMILES string of the molecule is CCOc1ccc(/C=N\n2c(-c3cccc(C)c3)n[nH]c2=S)cc1. The maximum atomic E-state index is 5.44. The highest BCUT2D eigenvalue weighted by Gasteiger charge is 2.07. The van der Waals surface area contributed by atoms with Crippen LogP contribution in [0.15, 0.2) is 53.6 Å². The predicted molar refractivity (Wildman–Crippen MR) is 98.2 cm³/mol. The molecule has 1 N–H and O–H groups in total. The van der Waals surface area contributed by atoms with Crippen LogP contribution in [0, 0.1) is 11.7 Å². The van der Waals surface area contributed by atoms with Gasteiger partial charge in [-0.3, -0.25) is 0 Å². The smallest absolute Gasteiger partial charge is 0.216 e. The van der Waals surface area contributed by atoms with E-state index >= 15 is 0 Å². The first-order valence-corrected chi connectivity index (χ1v) is 8.10. The molecule has 0 spiro atoms. The summed E-state index contributed by atoms with van der Waals surface area (Å²) in [6, 6.07) is 15.8. The molecule has 0 atom stereocenters. The summed E-state index contributed by atoms with van der Waals surface area (Å²) >= 11 is 5.29. The summed E-state index contributed by atoms with van der Waals surface area (Å²) in [6.45, 7) is 4.65. The van der Waals surface area contributed by atoms with Crippen molar-refractivity contribution in [3.05, 3.63) is 64.4 Å². The largest absolute Gasteiger partial charge is 0.494 e. The number of nitrogens with one attached hydrogen (secondary N) is 1. The Morgan fingerprint density at radius 2 is 2.04 bits per heavy atom. The zero-order valence-corrected chi connectivity index (χ0v) is 14.4. The fourth-order valence-corrected chi connectivity index (χ4v) is 2.49. The van der Waals surface area contributed by atoms with Gasteiger partial charge in [0.15, 0.2) is 5.82 Å². The van der Waals surface area contributed by atoms with E-state index in [0.29, 0.717) is 17.2 Å². The standard InChI is InChI=1S/C18H18N4OS/c1-3-23-16-9-7-14(8-10-16)12-19-22-17(20-21-18(22)24)15-6-4-5-13(2)11-15/h4-12H,3H2,1-2H3,(H,21,24)/b19-12-. The molecule has 0 bridgehead atoms. The molecule has 5 nitrogen and oxygen atoms in total. The van der Waals surface area contributed by atoms with Crippen molar-refractivity contribution in [3.63, 3.8) is 0 Å². The molecule has 24 heavy (non-hydrogen) atoms. The molecule has 0 unspecified atom stereocenters. The second kappa shape index (κ2) is 7.23. The van der Waals surface area contributed by atoms with Crippen molar-refractivity contribution in [2.45, 2.75) is 13.8 Å². The van der Waals surface area contributed by atoms with Gasteiger partial charge in [0.2, 0.25) is 4.77 Å². The lowest BCUT2D eigenvalue weighted by Gasteiger charge is -2.03. The summed E-state index contributed by atoms with van der Waals surface area (Å²) < 4.78 is 7.52. The van der Waals surface area contributed by atoms with E-state index in [9.17, 15) is 0 Å². The van der Waals surface area contributed by atoms with E-state index in [4.69, 9.17) is 17.0 Å². The summed E-state index contributed by atoms with van der Waals surface area (Å²) in [5.41, 5.74) is 3.08. The van der Waals surface area contributed by atoms with Crippen LogP contribution in [0.2, 0.25) is 0 Å². The highest BCUT2D eigenvalue weighted by atomic mass is 32.1. The van der Waals surface area contributed by atoms with Crippen molar-refractivity contribution in [2.75, 3.05) is 6.61 Å². The molecular weight excluding hydrogens is 320 g/mol. The van der Waals surface area contributed by atoms with Crippen LogP contribution in [0.1, 0.15) is 18.1 Å². The van der Waals surface area contributed by atoms with E-state index in [2.05, 4.69) is 15.3 Å². The number of aromatic nitrogens is 3. The molecule has 0 amide bonds. The predicted octanol–water partition coefficient (Wildman–Crippen LogP) is 4.20. The molecule has 0 saturated carbocycles. The zero-order chi connectivity index (χ0) is 16.9. The Kier molecular flexibility index (Phi) is 4.86. The second-order valence-electron chi connectivity index (χ2n) is 5.28. The topological polar surface area (TPSA) is 55.2 Å². The summed E-state index contributed by atoms with van der Waals surface area (Å²) in [4.78, 5) is 0. The Hall–Kier alpha value is -2.73. The van der Waals surface area contributed by atoms with E-state index < -0.39 is 0 Å². The van der Waals surface area contributed by atoms with Gasteiger partial charge >= 0.3 is 0 Å². The quantitative estimate of drug-likeness (QED) is 0.560. The van der Waals surface area contributed by atoms with Crippen LogP contribution in [0.25, 0.3) is 11.4 Å². The molecule has 3 aromatic rings. The normalized spacial score (nSPS) is 11.1. The van der Waals surface area contributed by atoms with Crippen molar-refractivity contribution in [1.82, 2.24) is 14.9 Å². The average molecular weight is 338 g/mol. The first kappa shape index (κ1) is 16.1. The van der Waals surface area contributed by atoms with Gasteiger partial charge in [0.05, 0.1) is 12.8 Å². The van der Waals surface area contributed by atoms with Gasteiger partial charge in [-0.1, -0.05) is 23.8 Å². The lowest BCUT2D eigenvalue weighted by atomic mass is 10.1. The Bertz CT molecular complexity index is 909. The Labute approximate surface area is 145 Å². The molecule has 1 heterocycles. The first-order valence-electron chi connectivity index (χ1n) is 7.69. The van der Waals surface area contributed by atoms with Crippen LogP contribution >= 0.6 is 12.2 Å². The van der Waals surface area contributed by atoms with E-state index in [1.165, 1.54) is 0 Å². The highest BCUT2D eigenvalue weighted by molar-refractivity contribution is 7.71. The molecule has 1 aromatic heterocycles. The van der Waals surface area contributed by atoms with E-state index in [-0.39, 0.29) is 0 Å². The third-order valence-corrected chi connectivity index (χ3v) is 3.70. The third-order valence-electron chi connectivity index (χ3n) is 3.44. The Morgan fingerprint density at radius 3 is 2.75 bits per heavy atom. The molecule has 122 valence electrons. The molecule has 0 aliphatic carbocycles. The molecule has 0 saturated heterocycles. The number of rotatable bonds is 5. The molecule has 6 heteroatoms. The van der Waals surface area contributed by atoms with Crippen molar-refractivity contribution < 1.29 is 4.74 Å². The van der Waals surface area contributed by atoms with Crippen molar-refractivity contribution in [3.8, 4) is 17.1 Å². The Morgan fingerprint density at radius 1 is 1.25 bits per heavy atom. The maximum Gasteiger partial charge on any atom is 0.216 e. The summed E-state index contributed by atoms with van der Waals surface area (Å²) in [5, 5.41) is 11.6. The summed E-state index contributed by atoms with van der Waals surface area (Å²) in [7, 11) is 0. The summed E-state index contributed by atoms with van der Waals surface area (Å²) in [5.74, 6) is 1.53. The van der Waals surface area contributed by atoms with Gasteiger partial charge < -0.3 is 4.74 Å². The van der Waals surface area contributed by atoms with Gasteiger partial charge in [-0.05, 0) is 62.0 Å². The monoisotopic (exact) mass is 338 g/mol. The van der Waals surface area contributed by atoms with Crippen LogP contribution in [0.5, 0.6) is 5.75 Å². The minimum Gasteiger partial charge on any atom is -0.494 e. The van der Waals surface area contributed by atoms with Crippen LogP contribution in [0.4, 0.5) is 0 Å². The van der Waals surface area contributed by atoms with Crippen molar-refractivity contribution in [2.24, 2.45) is 5.10 Å². The van der Waals surface area contributed by atoms with Crippen molar-refractivity contribution >= 4 is 18.4 Å². The number of nitrogens with zero attached hydrogens (tertiary/aromatic N) is 3. The fourth-order valence-electron chi connectivity index (χ4n) is 2.31. The van der Waals surface area contributed by atoms with E-state index in [1.54, 1.807) is 10.9 Å². The van der Waals surface area contributed by atoms with Crippen LogP contribution < -0.4 is 4.74 Å². The van der Waals surface area contributed by atoms with Crippen LogP contribution in [0.3, 0.4) is 0 Å². The number of H-pyrrole nitrogens is 1. The average Bonchev–Trinajstić information content (AvgIpc) is 2.95. The lowest BCUT2D eigenvalue weighted by Crippen LogP contribution is -1.96. The van der Waals surface area contributed by atoms with Crippen LogP contribution in [-0.4, -0.2) is 27.7 Å². The van der Waals surface area contributed by atoms with Gasteiger partial charge in [-0.2, -0.15) is 14.9 Å². The second-order valence-corrected chi connectivity index (χ2v) is 5.67. The highest BCUT2D eigenvalue weighted by Crippen LogP contribution is 2.18. The molecule has 0 aliphatic rings. The molecule has 2 aromatic carbocycles. The first-order chi connectivity index (χ1) is 11.7. The third kappa shape index (κ3) is 3.60. The molecule has 0 fully saturated rings. The number of hydrogen-bond donors (Lipinski definition) is 1. The number of aryl methyl sites for hydroxylation is 1. The van der Waals surface area contributed by atoms with Gasteiger partial charge in [0.25, 0.3) is 0 Å². The number of aromatic amines is 1. The van der Waals surface area contributed by atoms with E-state index in [0.717, 1.165) is 22.4 Å². The molecule has 3 rings (SSSR count).